The van der Waals surface area contributed by atoms with Crippen molar-refractivity contribution in [3.05, 3.63) is 12.7 Å². The van der Waals surface area contributed by atoms with E-state index in [-0.39, 0.29) is 17.6 Å². The molecular weight excluding hydrogens is 230 g/mol. The van der Waals surface area contributed by atoms with E-state index < -0.39 is 5.92 Å². The van der Waals surface area contributed by atoms with Gasteiger partial charge in [-0.15, -0.1) is 6.58 Å². The third-order valence-electron chi connectivity index (χ3n) is 3.16. The summed E-state index contributed by atoms with van der Waals surface area (Å²) in [7, 11) is 2.93. The van der Waals surface area contributed by atoms with Gasteiger partial charge in [-0.25, -0.2) is 5.06 Å². The minimum absolute atomic E-state index is 0.112. The number of amides is 1. The Labute approximate surface area is 110 Å². The monoisotopic (exact) mass is 255 g/mol. The molecule has 104 valence electrons. The molecule has 0 fully saturated rings. The van der Waals surface area contributed by atoms with Crippen molar-refractivity contribution < 1.29 is 14.4 Å². The van der Waals surface area contributed by atoms with Crippen LogP contribution in [0.1, 0.15) is 39.5 Å². The van der Waals surface area contributed by atoms with Gasteiger partial charge in [0.15, 0.2) is 0 Å². The summed E-state index contributed by atoms with van der Waals surface area (Å²) in [5.41, 5.74) is 0. The number of hydrogen-bond acceptors (Lipinski definition) is 3. The Morgan fingerprint density at radius 1 is 1.39 bits per heavy atom. The zero-order chi connectivity index (χ0) is 14.1. The SMILES string of the molecule is C=CC(CCCCC)C(C(C)=O)C(=O)N(C)OC. The van der Waals surface area contributed by atoms with Crippen molar-refractivity contribution in [2.45, 2.75) is 39.5 Å². The fraction of sp³-hybridized carbons (Fsp3) is 0.714. The Balaban J connectivity index is 4.78. The lowest BCUT2D eigenvalue weighted by molar-refractivity contribution is -0.175. The first-order valence-electron chi connectivity index (χ1n) is 6.44. The molecule has 0 aromatic heterocycles. The first-order chi connectivity index (χ1) is 8.49. The molecule has 4 heteroatoms. The zero-order valence-electron chi connectivity index (χ0n) is 11.9. The molecule has 0 saturated heterocycles. The third-order valence-corrected chi connectivity index (χ3v) is 3.16. The minimum Gasteiger partial charge on any atom is -0.299 e. The van der Waals surface area contributed by atoms with Crippen LogP contribution in [0.3, 0.4) is 0 Å². The van der Waals surface area contributed by atoms with Gasteiger partial charge in [0, 0.05) is 7.05 Å². The Bertz CT molecular complexity index is 289. The van der Waals surface area contributed by atoms with Gasteiger partial charge in [0.2, 0.25) is 0 Å². The highest BCUT2D eigenvalue weighted by Crippen LogP contribution is 2.23. The van der Waals surface area contributed by atoms with Crippen molar-refractivity contribution in [2.75, 3.05) is 14.2 Å². The number of rotatable bonds is 9. The van der Waals surface area contributed by atoms with Gasteiger partial charge in [0.25, 0.3) is 5.91 Å². The summed E-state index contributed by atoms with van der Waals surface area (Å²) >= 11 is 0. The van der Waals surface area contributed by atoms with Crippen LogP contribution in [0.2, 0.25) is 0 Å². The largest absolute Gasteiger partial charge is 0.299 e. The number of Topliss-reactive ketones (excluding diaryl/α,β-unsaturated/α-hetero) is 1. The Kier molecular flexibility index (Phi) is 8.29. The van der Waals surface area contributed by atoms with Crippen LogP contribution in [0.15, 0.2) is 12.7 Å². The molecule has 1 amide bonds. The first-order valence-corrected chi connectivity index (χ1v) is 6.44. The molecule has 0 aromatic rings. The first kappa shape index (κ1) is 16.8. The molecule has 0 spiro atoms. The van der Waals surface area contributed by atoms with Crippen molar-refractivity contribution in [3.63, 3.8) is 0 Å². The fourth-order valence-electron chi connectivity index (χ4n) is 1.99. The lowest BCUT2D eigenvalue weighted by Crippen LogP contribution is -2.39. The van der Waals surface area contributed by atoms with Gasteiger partial charge < -0.3 is 0 Å². The molecule has 0 aromatic carbocycles. The summed E-state index contributed by atoms with van der Waals surface area (Å²) in [5.74, 6) is -1.22. The fourth-order valence-corrected chi connectivity index (χ4v) is 1.99. The van der Waals surface area contributed by atoms with Gasteiger partial charge in [-0.2, -0.15) is 0 Å². The van der Waals surface area contributed by atoms with E-state index >= 15 is 0 Å². The predicted octanol–water partition coefficient (Wildman–Crippen LogP) is 2.59. The third kappa shape index (κ3) is 5.00. The predicted molar refractivity (Wildman–Crippen MR) is 71.8 cm³/mol. The molecule has 0 rings (SSSR count). The quantitative estimate of drug-likeness (QED) is 0.275. The van der Waals surface area contributed by atoms with Crippen LogP contribution in [0, 0.1) is 11.8 Å². The molecule has 2 unspecified atom stereocenters. The summed E-state index contributed by atoms with van der Waals surface area (Å²) in [6.45, 7) is 7.31. The molecule has 0 aliphatic rings. The van der Waals surface area contributed by atoms with Crippen LogP contribution >= 0.6 is 0 Å². The normalized spacial score (nSPS) is 13.8. The van der Waals surface area contributed by atoms with Gasteiger partial charge in [-0.05, 0) is 19.3 Å². The second-order valence-electron chi connectivity index (χ2n) is 4.50. The molecule has 0 aliphatic heterocycles. The maximum atomic E-state index is 12.1. The summed E-state index contributed by atoms with van der Waals surface area (Å²) in [4.78, 5) is 28.6. The van der Waals surface area contributed by atoms with E-state index in [4.69, 9.17) is 4.84 Å². The highest BCUT2D eigenvalue weighted by molar-refractivity contribution is 6.00. The van der Waals surface area contributed by atoms with Crippen LogP contribution < -0.4 is 0 Å². The van der Waals surface area contributed by atoms with E-state index in [1.165, 1.54) is 21.1 Å². The highest BCUT2D eigenvalue weighted by Gasteiger charge is 2.32. The number of carbonyl (C=O) groups excluding carboxylic acids is 2. The van der Waals surface area contributed by atoms with Crippen molar-refractivity contribution in [2.24, 2.45) is 11.8 Å². The number of carbonyl (C=O) groups is 2. The van der Waals surface area contributed by atoms with Crippen molar-refractivity contribution in [3.8, 4) is 0 Å². The summed E-state index contributed by atoms with van der Waals surface area (Å²) in [6, 6.07) is 0. The summed E-state index contributed by atoms with van der Waals surface area (Å²) in [5, 5.41) is 1.11. The number of allylic oxidation sites excluding steroid dienone is 1. The van der Waals surface area contributed by atoms with Gasteiger partial charge in [0.05, 0.1) is 7.11 Å². The van der Waals surface area contributed by atoms with Crippen molar-refractivity contribution in [1.29, 1.82) is 0 Å². The van der Waals surface area contributed by atoms with Crippen molar-refractivity contribution in [1.82, 2.24) is 5.06 Å². The topological polar surface area (TPSA) is 46.6 Å². The average molecular weight is 255 g/mol. The van der Waals surface area contributed by atoms with Crippen LogP contribution in [0.25, 0.3) is 0 Å². The molecule has 0 bridgehead atoms. The van der Waals surface area contributed by atoms with Crippen molar-refractivity contribution >= 4 is 11.7 Å². The van der Waals surface area contributed by atoms with E-state index in [1.54, 1.807) is 6.08 Å². The maximum Gasteiger partial charge on any atom is 0.256 e. The smallest absolute Gasteiger partial charge is 0.256 e. The number of unbranched alkanes of at least 4 members (excludes halogenated alkanes) is 2. The molecule has 0 radical (unpaired) electrons. The molecule has 0 saturated carbocycles. The molecule has 0 heterocycles. The molecule has 0 N–H and O–H groups in total. The number of hydroxylamine groups is 2. The Morgan fingerprint density at radius 3 is 2.39 bits per heavy atom. The minimum atomic E-state index is -0.677. The molecule has 0 aliphatic carbocycles. The summed E-state index contributed by atoms with van der Waals surface area (Å²) in [6.07, 6.45) is 5.73. The molecule has 4 nitrogen and oxygen atoms in total. The highest BCUT2D eigenvalue weighted by atomic mass is 16.7. The van der Waals surface area contributed by atoms with Gasteiger partial charge >= 0.3 is 0 Å². The number of nitrogens with zero attached hydrogens (tertiary/aromatic N) is 1. The second-order valence-corrected chi connectivity index (χ2v) is 4.50. The molecular formula is C14H25NO3. The Hall–Kier alpha value is -1.16. The van der Waals surface area contributed by atoms with Crippen LogP contribution in [-0.2, 0) is 14.4 Å². The van der Waals surface area contributed by atoms with Gasteiger partial charge in [0.1, 0.15) is 11.7 Å². The van der Waals surface area contributed by atoms with E-state index in [9.17, 15) is 9.59 Å². The summed E-state index contributed by atoms with van der Waals surface area (Å²) < 4.78 is 0. The van der Waals surface area contributed by atoms with Gasteiger partial charge in [-0.1, -0.05) is 32.3 Å². The Morgan fingerprint density at radius 2 is 2.00 bits per heavy atom. The molecule has 18 heavy (non-hydrogen) atoms. The number of hydrogen-bond donors (Lipinski definition) is 0. The van der Waals surface area contributed by atoms with Crippen LogP contribution in [0.5, 0.6) is 0 Å². The van der Waals surface area contributed by atoms with E-state index in [0.29, 0.717) is 0 Å². The van der Waals surface area contributed by atoms with Gasteiger partial charge in [-0.3, -0.25) is 14.4 Å². The van der Waals surface area contributed by atoms with Crippen LogP contribution in [-0.4, -0.2) is 30.9 Å². The average Bonchev–Trinajstić information content (AvgIpc) is 2.35. The molecule has 2 atom stereocenters. The second kappa shape index (κ2) is 8.86. The standard InChI is InChI=1S/C14H25NO3/c1-6-8-9-10-12(7-2)13(11(3)16)14(17)15(4)18-5/h7,12-13H,2,6,8-10H2,1,3-5H3. The zero-order valence-corrected chi connectivity index (χ0v) is 11.9. The lowest BCUT2D eigenvalue weighted by Gasteiger charge is -2.25. The lowest BCUT2D eigenvalue weighted by atomic mass is 9.84. The van der Waals surface area contributed by atoms with Crippen LogP contribution in [0.4, 0.5) is 0 Å². The van der Waals surface area contributed by atoms with E-state index in [0.717, 1.165) is 30.7 Å². The number of ketones is 1. The van der Waals surface area contributed by atoms with E-state index in [2.05, 4.69) is 13.5 Å². The van der Waals surface area contributed by atoms with E-state index in [1.807, 2.05) is 0 Å². The maximum absolute atomic E-state index is 12.1.